The summed E-state index contributed by atoms with van der Waals surface area (Å²) < 4.78 is 15.6. The van der Waals surface area contributed by atoms with Crippen LogP contribution in [-0.4, -0.2) is 56.0 Å². The molecule has 3 atom stereocenters. The molecule has 2 aromatic heterocycles. The molecule has 0 radical (unpaired) electrons. The summed E-state index contributed by atoms with van der Waals surface area (Å²) in [6.07, 6.45) is 7.36. The van der Waals surface area contributed by atoms with Gasteiger partial charge in [0.15, 0.2) is 5.67 Å². The molecule has 36 heavy (non-hydrogen) atoms. The third kappa shape index (κ3) is 3.89. The molecule has 6 rings (SSSR count). The van der Waals surface area contributed by atoms with Crippen LogP contribution in [0.2, 0.25) is 0 Å². The van der Waals surface area contributed by atoms with Crippen molar-refractivity contribution in [1.82, 2.24) is 19.8 Å². The summed E-state index contributed by atoms with van der Waals surface area (Å²) in [5.41, 5.74) is 2.70. The smallest absolute Gasteiger partial charge is 0.255 e. The maximum absolute atomic E-state index is 15.6. The lowest BCUT2D eigenvalue weighted by atomic mass is 9.89. The normalized spacial score (nSPS) is 26.4. The molecule has 2 aliphatic heterocycles. The van der Waals surface area contributed by atoms with Gasteiger partial charge in [0.25, 0.3) is 5.91 Å². The predicted octanol–water partition coefficient (Wildman–Crippen LogP) is 4.91. The zero-order valence-electron chi connectivity index (χ0n) is 20.7. The number of benzene rings is 1. The van der Waals surface area contributed by atoms with Gasteiger partial charge >= 0.3 is 0 Å². The molecule has 1 saturated carbocycles. The molecule has 1 saturated heterocycles. The van der Waals surface area contributed by atoms with Gasteiger partial charge in [-0.1, -0.05) is 25.0 Å². The summed E-state index contributed by atoms with van der Waals surface area (Å²) >= 11 is 0. The van der Waals surface area contributed by atoms with Crippen molar-refractivity contribution in [2.75, 3.05) is 13.1 Å². The second kappa shape index (κ2) is 9.20. The quantitative estimate of drug-likeness (QED) is 0.565. The molecule has 1 aliphatic carbocycles. The number of nitrogens with zero attached hydrogens (tertiary/aromatic N) is 4. The number of amides is 1. The molecule has 4 heterocycles. The maximum atomic E-state index is 15.6. The van der Waals surface area contributed by atoms with Crippen LogP contribution in [0.25, 0.3) is 10.9 Å². The predicted molar refractivity (Wildman–Crippen MR) is 136 cm³/mol. The lowest BCUT2D eigenvalue weighted by molar-refractivity contribution is 0.00975. The lowest BCUT2D eigenvalue weighted by Gasteiger charge is -2.37. The van der Waals surface area contributed by atoms with Crippen molar-refractivity contribution in [2.24, 2.45) is 0 Å². The van der Waals surface area contributed by atoms with E-state index < -0.39 is 11.8 Å². The first kappa shape index (κ1) is 23.5. The van der Waals surface area contributed by atoms with Crippen LogP contribution in [0.3, 0.4) is 0 Å². The number of carbonyl (C=O) groups is 1. The number of halogens is 1. The molecule has 3 aliphatic rings. The number of aliphatic hydroxyl groups excluding tert-OH is 1. The number of aliphatic hydroxyl groups is 1. The zero-order chi connectivity index (χ0) is 24.9. The number of hydrogen-bond acceptors (Lipinski definition) is 5. The monoisotopic (exact) mass is 488 g/mol. The minimum absolute atomic E-state index is 0.00572. The van der Waals surface area contributed by atoms with E-state index in [-0.39, 0.29) is 18.0 Å². The van der Waals surface area contributed by atoms with E-state index in [1.807, 2.05) is 29.2 Å². The maximum Gasteiger partial charge on any atom is 0.255 e. The topological polar surface area (TPSA) is 69.6 Å². The SMILES string of the molecule is CC1c2c(cc(CN3CCC(F)(c4ccccn4)CC3)c3cccnc23)C(=O)N1[C@@H]1CCCC[C@@H]1O. The summed E-state index contributed by atoms with van der Waals surface area (Å²) in [6.45, 7) is 3.94. The Kier molecular flexibility index (Phi) is 6.00. The summed E-state index contributed by atoms with van der Waals surface area (Å²) in [5.74, 6) is -0.00572. The van der Waals surface area contributed by atoms with E-state index in [4.69, 9.17) is 4.98 Å². The first-order valence-corrected chi connectivity index (χ1v) is 13.2. The van der Waals surface area contributed by atoms with Gasteiger partial charge in [0.1, 0.15) is 0 Å². The van der Waals surface area contributed by atoms with Crippen LogP contribution in [0.1, 0.15) is 78.7 Å². The molecule has 0 bridgehead atoms. The number of fused-ring (bicyclic) bond motifs is 3. The highest BCUT2D eigenvalue weighted by Crippen LogP contribution is 2.43. The Bertz CT molecular complexity index is 1280. The van der Waals surface area contributed by atoms with E-state index in [0.29, 0.717) is 43.7 Å². The van der Waals surface area contributed by atoms with Gasteiger partial charge in [0.2, 0.25) is 0 Å². The van der Waals surface area contributed by atoms with Crippen LogP contribution in [0, 0.1) is 0 Å². The van der Waals surface area contributed by atoms with Crippen LogP contribution in [0.4, 0.5) is 4.39 Å². The average molecular weight is 489 g/mol. The average Bonchev–Trinajstić information content (AvgIpc) is 3.16. The van der Waals surface area contributed by atoms with Crippen LogP contribution >= 0.6 is 0 Å². The van der Waals surface area contributed by atoms with E-state index in [2.05, 4.69) is 22.9 Å². The highest BCUT2D eigenvalue weighted by molar-refractivity contribution is 6.05. The Morgan fingerprint density at radius 1 is 1.08 bits per heavy atom. The first-order chi connectivity index (χ1) is 17.5. The molecule has 1 aromatic carbocycles. The van der Waals surface area contributed by atoms with Crippen molar-refractivity contribution in [3.63, 3.8) is 0 Å². The fraction of sp³-hybridized carbons (Fsp3) is 0.483. The van der Waals surface area contributed by atoms with E-state index in [1.54, 1.807) is 18.5 Å². The summed E-state index contributed by atoms with van der Waals surface area (Å²) in [5, 5.41) is 11.7. The second-order valence-electron chi connectivity index (χ2n) is 10.7. The van der Waals surface area contributed by atoms with E-state index in [0.717, 1.165) is 47.7 Å². The van der Waals surface area contributed by atoms with Crippen LogP contribution in [0.5, 0.6) is 0 Å². The van der Waals surface area contributed by atoms with Gasteiger partial charge in [-0.05, 0) is 62.4 Å². The molecule has 0 spiro atoms. The fourth-order valence-electron chi connectivity index (χ4n) is 6.57. The highest BCUT2D eigenvalue weighted by atomic mass is 19.1. The van der Waals surface area contributed by atoms with Crippen molar-refractivity contribution in [3.8, 4) is 0 Å². The largest absolute Gasteiger partial charge is 0.391 e. The van der Waals surface area contributed by atoms with Crippen molar-refractivity contribution >= 4 is 16.8 Å². The molecule has 1 amide bonds. The third-order valence-corrected chi connectivity index (χ3v) is 8.54. The van der Waals surface area contributed by atoms with Gasteiger partial charge in [0, 0.05) is 48.5 Å². The summed E-state index contributed by atoms with van der Waals surface area (Å²) in [7, 11) is 0. The number of aromatic nitrogens is 2. The Morgan fingerprint density at radius 2 is 1.86 bits per heavy atom. The van der Waals surface area contributed by atoms with Crippen LogP contribution < -0.4 is 0 Å². The van der Waals surface area contributed by atoms with Crippen LogP contribution in [0.15, 0.2) is 48.8 Å². The summed E-state index contributed by atoms with van der Waals surface area (Å²) in [6, 6.07) is 11.2. The second-order valence-corrected chi connectivity index (χ2v) is 10.7. The Labute approximate surface area is 211 Å². The molecule has 3 aromatic rings. The third-order valence-electron chi connectivity index (χ3n) is 8.54. The molecule has 1 unspecified atom stereocenters. The minimum atomic E-state index is -1.40. The van der Waals surface area contributed by atoms with Crippen molar-refractivity contribution in [3.05, 3.63) is 71.2 Å². The van der Waals surface area contributed by atoms with Crippen LogP contribution in [-0.2, 0) is 12.2 Å². The number of likely N-dealkylation sites (tertiary alicyclic amines) is 1. The number of rotatable bonds is 4. The van der Waals surface area contributed by atoms with Gasteiger partial charge in [0.05, 0.1) is 29.4 Å². The van der Waals surface area contributed by atoms with Gasteiger partial charge in [-0.25, -0.2) is 4.39 Å². The molecule has 1 N–H and O–H groups in total. The molecular weight excluding hydrogens is 455 g/mol. The lowest BCUT2D eigenvalue weighted by Crippen LogP contribution is -2.46. The molecule has 6 nitrogen and oxygen atoms in total. The number of carbonyl (C=O) groups excluding carboxylic acids is 1. The Balaban J connectivity index is 1.29. The standard InChI is InChI=1S/C29H33FN4O2/c1-19-26-22(28(36)34(19)23-8-2-3-9-24(23)35)17-20(21-7-6-14-32-27(21)26)18-33-15-11-29(30,12-16-33)25-10-4-5-13-31-25/h4-7,10,13-14,17,19,23-24,35H,2-3,8-9,11-12,15-16,18H2,1H3/t19?,23-,24+/m1/s1. The molecular formula is C29H33FN4O2. The Hall–Kier alpha value is -2.90. The fourth-order valence-corrected chi connectivity index (χ4v) is 6.57. The van der Waals surface area contributed by atoms with Crippen molar-refractivity contribution in [1.29, 1.82) is 0 Å². The summed E-state index contributed by atoms with van der Waals surface area (Å²) in [4.78, 5) is 26.9. The van der Waals surface area contributed by atoms with E-state index in [1.165, 1.54) is 0 Å². The van der Waals surface area contributed by atoms with E-state index >= 15 is 4.39 Å². The van der Waals surface area contributed by atoms with Gasteiger partial charge in [-0.2, -0.15) is 0 Å². The molecule has 7 heteroatoms. The van der Waals surface area contributed by atoms with Gasteiger partial charge < -0.3 is 10.0 Å². The number of alkyl halides is 1. The first-order valence-electron chi connectivity index (χ1n) is 13.2. The van der Waals surface area contributed by atoms with Gasteiger partial charge in [-0.3, -0.25) is 19.7 Å². The number of hydrogen-bond donors (Lipinski definition) is 1. The van der Waals surface area contributed by atoms with Crippen molar-refractivity contribution < 1.29 is 14.3 Å². The van der Waals surface area contributed by atoms with Gasteiger partial charge in [-0.15, -0.1) is 0 Å². The highest BCUT2D eigenvalue weighted by Gasteiger charge is 2.43. The molecule has 188 valence electrons. The number of piperidine rings is 1. The van der Waals surface area contributed by atoms with E-state index in [9.17, 15) is 9.90 Å². The molecule has 2 fully saturated rings. The minimum Gasteiger partial charge on any atom is -0.391 e. The van der Waals surface area contributed by atoms with Crippen molar-refractivity contribution in [2.45, 2.75) is 75.8 Å². The number of pyridine rings is 2. The zero-order valence-corrected chi connectivity index (χ0v) is 20.7. The Morgan fingerprint density at radius 3 is 2.61 bits per heavy atom.